The van der Waals surface area contributed by atoms with Crippen LogP contribution in [0.25, 0.3) is 16.9 Å². The monoisotopic (exact) mass is 316 g/mol. The Hall–Kier alpha value is -3.34. The van der Waals surface area contributed by atoms with Gasteiger partial charge in [0.05, 0.1) is 23.3 Å². The smallest absolute Gasteiger partial charge is 0.153 e. The molecule has 2 aromatic heterocycles. The zero-order chi connectivity index (χ0) is 16.5. The van der Waals surface area contributed by atoms with Crippen molar-refractivity contribution in [3.63, 3.8) is 0 Å². The van der Waals surface area contributed by atoms with Gasteiger partial charge in [-0.15, -0.1) is 0 Å². The Morgan fingerprint density at radius 2 is 1.83 bits per heavy atom. The quantitative estimate of drug-likeness (QED) is 0.449. The van der Waals surface area contributed by atoms with E-state index < -0.39 is 0 Å². The predicted octanol–water partition coefficient (Wildman–Crippen LogP) is 3.27. The van der Waals surface area contributed by atoms with E-state index in [1.165, 1.54) is 0 Å². The Morgan fingerprint density at radius 1 is 1.00 bits per heavy atom. The number of fused-ring (bicyclic) bond motifs is 1. The molecule has 4 rings (SSSR count). The summed E-state index contributed by atoms with van der Waals surface area (Å²) >= 11 is 0. The molecule has 3 N–H and O–H groups in total. The average molecular weight is 316 g/mol. The molecule has 0 saturated heterocycles. The van der Waals surface area contributed by atoms with Crippen LogP contribution in [0.5, 0.6) is 5.75 Å². The Labute approximate surface area is 139 Å². The number of nitrogen functional groups attached to an aromatic ring is 1. The number of phenolic OH excluding ortho intramolecular Hbond substituents is 1. The Kier molecular flexibility index (Phi) is 3.39. The minimum Gasteiger partial charge on any atom is -0.506 e. The zero-order valence-electron chi connectivity index (χ0n) is 12.9. The molecule has 0 aliphatic rings. The van der Waals surface area contributed by atoms with Gasteiger partial charge in [0, 0.05) is 12.0 Å². The first-order valence-electron chi connectivity index (χ1n) is 7.67. The summed E-state index contributed by atoms with van der Waals surface area (Å²) in [5.41, 5.74) is 10.9. The van der Waals surface area contributed by atoms with E-state index in [1.807, 2.05) is 59.2 Å². The molecule has 0 aliphatic carbocycles. The summed E-state index contributed by atoms with van der Waals surface area (Å²) in [7, 11) is 0. The van der Waals surface area contributed by atoms with Gasteiger partial charge in [-0.25, -0.2) is 9.50 Å². The van der Waals surface area contributed by atoms with Crippen LogP contribution < -0.4 is 5.73 Å². The van der Waals surface area contributed by atoms with Gasteiger partial charge in [0.25, 0.3) is 0 Å². The molecular weight excluding hydrogens is 300 g/mol. The highest BCUT2D eigenvalue weighted by molar-refractivity contribution is 5.60. The summed E-state index contributed by atoms with van der Waals surface area (Å²) in [6.07, 6.45) is 2.46. The Bertz CT molecular complexity index is 1010. The fourth-order valence-electron chi connectivity index (χ4n) is 2.73. The van der Waals surface area contributed by atoms with E-state index in [0.29, 0.717) is 12.1 Å². The molecule has 0 amide bonds. The molecule has 0 unspecified atom stereocenters. The maximum atomic E-state index is 9.55. The van der Waals surface area contributed by atoms with E-state index in [2.05, 4.69) is 4.98 Å². The molecule has 0 spiro atoms. The van der Waals surface area contributed by atoms with Crippen molar-refractivity contribution in [1.29, 1.82) is 0 Å². The van der Waals surface area contributed by atoms with Crippen molar-refractivity contribution < 1.29 is 5.11 Å². The lowest BCUT2D eigenvalue weighted by Crippen LogP contribution is -2.00. The van der Waals surface area contributed by atoms with Crippen LogP contribution in [-0.2, 0) is 6.42 Å². The second-order valence-electron chi connectivity index (χ2n) is 5.67. The van der Waals surface area contributed by atoms with Gasteiger partial charge in [-0.1, -0.05) is 36.4 Å². The van der Waals surface area contributed by atoms with Crippen molar-refractivity contribution in [2.45, 2.75) is 6.42 Å². The minimum absolute atomic E-state index is 0.0985. The molecule has 5 nitrogen and oxygen atoms in total. The average Bonchev–Trinajstić information content (AvgIpc) is 3.01. The number of benzene rings is 2. The lowest BCUT2D eigenvalue weighted by atomic mass is 10.1. The SMILES string of the molecule is Nc1cc(Cc2cnc3ccc(-c4ccccc4)nn23)ccc1O. The van der Waals surface area contributed by atoms with Crippen LogP contribution in [0.2, 0.25) is 0 Å². The van der Waals surface area contributed by atoms with E-state index in [4.69, 9.17) is 10.8 Å². The lowest BCUT2D eigenvalue weighted by Gasteiger charge is -2.06. The molecule has 0 aliphatic heterocycles. The van der Waals surface area contributed by atoms with Crippen LogP contribution in [0, 0.1) is 0 Å². The van der Waals surface area contributed by atoms with Gasteiger partial charge in [-0.05, 0) is 29.8 Å². The molecule has 24 heavy (non-hydrogen) atoms. The van der Waals surface area contributed by atoms with E-state index >= 15 is 0 Å². The van der Waals surface area contributed by atoms with Crippen molar-refractivity contribution in [3.8, 4) is 17.0 Å². The molecule has 118 valence electrons. The number of hydrogen-bond donors (Lipinski definition) is 2. The van der Waals surface area contributed by atoms with Gasteiger partial charge in [-0.3, -0.25) is 0 Å². The van der Waals surface area contributed by atoms with Crippen LogP contribution in [0.15, 0.2) is 66.9 Å². The van der Waals surface area contributed by atoms with Crippen molar-refractivity contribution in [3.05, 3.63) is 78.1 Å². The van der Waals surface area contributed by atoms with Crippen molar-refractivity contribution in [1.82, 2.24) is 14.6 Å². The van der Waals surface area contributed by atoms with Crippen LogP contribution in [0.3, 0.4) is 0 Å². The first-order valence-corrected chi connectivity index (χ1v) is 7.67. The van der Waals surface area contributed by atoms with Gasteiger partial charge >= 0.3 is 0 Å². The number of aromatic hydroxyl groups is 1. The summed E-state index contributed by atoms with van der Waals surface area (Å²) in [5.74, 6) is 0.0985. The van der Waals surface area contributed by atoms with Crippen molar-refractivity contribution >= 4 is 11.3 Å². The third kappa shape index (κ3) is 2.56. The topological polar surface area (TPSA) is 76.4 Å². The van der Waals surface area contributed by atoms with E-state index in [9.17, 15) is 5.11 Å². The highest BCUT2D eigenvalue weighted by atomic mass is 16.3. The van der Waals surface area contributed by atoms with Crippen LogP contribution in [0.1, 0.15) is 11.3 Å². The number of nitrogens with zero attached hydrogens (tertiary/aromatic N) is 3. The van der Waals surface area contributed by atoms with Crippen LogP contribution in [-0.4, -0.2) is 19.7 Å². The van der Waals surface area contributed by atoms with Gasteiger partial charge in [0.15, 0.2) is 5.65 Å². The highest BCUT2D eigenvalue weighted by Crippen LogP contribution is 2.23. The number of nitrogens with two attached hydrogens (primary N) is 1. The second kappa shape index (κ2) is 5.70. The Morgan fingerprint density at radius 3 is 2.62 bits per heavy atom. The second-order valence-corrected chi connectivity index (χ2v) is 5.67. The van der Waals surface area contributed by atoms with Crippen LogP contribution in [0.4, 0.5) is 5.69 Å². The van der Waals surface area contributed by atoms with Gasteiger partial charge in [0.2, 0.25) is 0 Å². The molecular formula is C19H16N4O. The standard InChI is InChI=1S/C19H16N4O/c20-16-11-13(6-8-18(16)24)10-15-12-21-19-9-7-17(22-23(15)19)14-4-2-1-3-5-14/h1-9,11-12,24H,10,20H2. The highest BCUT2D eigenvalue weighted by Gasteiger charge is 2.09. The number of imidazole rings is 1. The molecule has 2 heterocycles. The molecule has 0 atom stereocenters. The molecule has 0 bridgehead atoms. The van der Waals surface area contributed by atoms with Gasteiger partial charge < -0.3 is 10.8 Å². The van der Waals surface area contributed by atoms with Crippen molar-refractivity contribution in [2.75, 3.05) is 5.73 Å². The normalized spacial score (nSPS) is 11.0. The summed E-state index contributed by atoms with van der Waals surface area (Å²) in [6, 6.07) is 19.2. The lowest BCUT2D eigenvalue weighted by molar-refractivity contribution is 0.478. The summed E-state index contributed by atoms with van der Waals surface area (Å²) < 4.78 is 1.85. The van der Waals surface area contributed by atoms with Gasteiger partial charge in [-0.2, -0.15) is 5.10 Å². The first kappa shape index (κ1) is 14.3. The minimum atomic E-state index is 0.0985. The molecule has 0 saturated carbocycles. The largest absolute Gasteiger partial charge is 0.506 e. The predicted molar refractivity (Wildman–Crippen MR) is 93.7 cm³/mol. The third-order valence-corrected chi connectivity index (χ3v) is 3.98. The van der Waals surface area contributed by atoms with E-state index in [1.54, 1.807) is 12.1 Å². The van der Waals surface area contributed by atoms with E-state index in [0.717, 1.165) is 28.2 Å². The number of rotatable bonds is 3. The summed E-state index contributed by atoms with van der Waals surface area (Å²) in [6.45, 7) is 0. The van der Waals surface area contributed by atoms with Gasteiger partial charge in [0.1, 0.15) is 5.75 Å². The van der Waals surface area contributed by atoms with E-state index in [-0.39, 0.29) is 5.75 Å². The maximum Gasteiger partial charge on any atom is 0.153 e. The molecule has 2 aromatic carbocycles. The molecule has 4 aromatic rings. The number of aromatic nitrogens is 3. The maximum absolute atomic E-state index is 9.55. The summed E-state index contributed by atoms with van der Waals surface area (Å²) in [5, 5.41) is 14.3. The fourth-order valence-corrected chi connectivity index (χ4v) is 2.73. The van der Waals surface area contributed by atoms with Crippen LogP contribution >= 0.6 is 0 Å². The summed E-state index contributed by atoms with van der Waals surface area (Å²) in [4.78, 5) is 4.41. The fraction of sp³-hybridized carbons (Fsp3) is 0.0526. The zero-order valence-corrected chi connectivity index (χ0v) is 12.9. The third-order valence-electron chi connectivity index (χ3n) is 3.98. The Balaban J connectivity index is 1.74. The first-order chi connectivity index (χ1) is 11.7. The number of phenols is 1. The number of hydrogen-bond acceptors (Lipinski definition) is 4. The molecule has 0 radical (unpaired) electrons. The molecule has 5 heteroatoms. The number of anilines is 1. The van der Waals surface area contributed by atoms with Crippen molar-refractivity contribution in [2.24, 2.45) is 0 Å². The molecule has 0 fully saturated rings.